The Morgan fingerprint density at radius 3 is 0.842 bits per heavy atom. The van der Waals surface area contributed by atoms with Crippen molar-refractivity contribution in [3.63, 3.8) is 0 Å². The Bertz CT molecular complexity index is 2090. The van der Waals surface area contributed by atoms with E-state index in [0.717, 1.165) is 109 Å². The second-order valence-electron chi connectivity index (χ2n) is 29.8. The number of esters is 2. The number of ether oxygens (including phenoxy) is 4. The Kier molecular flexibility index (Phi) is 77.9. The van der Waals surface area contributed by atoms with E-state index in [1.54, 1.807) is 0 Å². The lowest BCUT2D eigenvalue weighted by molar-refractivity contribution is -0.870. The average molecular weight is 1410 g/mol. The molecule has 0 aliphatic heterocycles. The molecule has 0 aromatic rings. The zero-order chi connectivity index (χ0) is 73.2. The molecule has 9 heteroatoms. The van der Waals surface area contributed by atoms with Crippen LogP contribution >= 0.6 is 0 Å². The fourth-order valence-electron chi connectivity index (χ4n) is 12.3. The van der Waals surface area contributed by atoms with E-state index in [-0.39, 0.29) is 32.2 Å². The van der Waals surface area contributed by atoms with Crippen LogP contribution in [0.25, 0.3) is 0 Å². The van der Waals surface area contributed by atoms with Crippen molar-refractivity contribution >= 4 is 17.9 Å². The Hall–Kier alpha value is -4.31. The Labute approximate surface area is 625 Å². The lowest BCUT2D eigenvalue weighted by Gasteiger charge is -2.25. The molecule has 2 atom stereocenters. The van der Waals surface area contributed by atoms with Gasteiger partial charge in [0.05, 0.1) is 34.4 Å². The van der Waals surface area contributed by atoms with Gasteiger partial charge in [-0.25, -0.2) is 4.79 Å². The molecule has 582 valence electrons. The van der Waals surface area contributed by atoms with Crippen molar-refractivity contribution < 1.29 is 42.9 Å². The average Bonchev–Trinajstić information content (AvgIpc) is 1.25. The molecule has 0 aliphatic rings. The van der Waals surface area contributed by atoms with Gasteiger partial charge in [0.25, 0.3) is 6.29 Å². The van der Waals surface area contributed by atoms with Crippen molar-refractivity contribution in [1.29, 1.82) is 0 Å². The number of quaternary nitrogens is 1. The maximum atomic E-state index is 13.0. The van der Waals surface area contributed by atoms with Crippen LogP contribution in [-0.2, 0) is 33.3 Å². The fraction of sp³-hybridized carbons (Fsp3) is 0.750. The van der Waals surface area contributed by atoms with Crippen LogP contribution in [0.3, 0.4) is 0 Å². The topological polar surface area (TPSA) is 108 Å². The number of rotatable bonds is 79. The van der Waals surface area contributed by atoms with E-state index in [4.69, 9.17) is 18.9 Å². The molecule has 0 heterocycles. The molecular weight excluding hydrogens is 1250 g/mol. The summed E-state index contributed by atoms with van der Waals surface area (Å²) in [6, 6.07) is 0. The first-order valence-electron chi connectivity index (χ1n) is 42.7. The van der Waals surface area contributed by atoms with Crippen LogP contribution in [0.2, 0.25) is 0 Å². The number of carbonyl (C=O) groups is 3. The van der Waals surface area contributed by atoms with Gasteiger partial charge in [0.2, 0.25) is 0 Å². The molecule has 0 rings (SSSR count). The van der Waals surface area contributed by atoms with Crippen molar-refractivity contribution in [2.45, 2.75) is 399 Å². The molecule has 2 unspecified atom stereocenters. The highest BCUT2D eigenvalue weighted by atomic mass is 16.7. The largest absolute Gasteiger partial charge is 0.477 e. The van der Waals surface area contributed by atoms with Crippen LogP contribution in [0, 0.1) is 0 Å². The number of nitrogens with zero attached hydrogens (tertiary/aromatic N) is 1. The smallest absolute Gasteiger partial charge is 0.361 e. The van der Waals surface area contributed by atoms with E-state index in [9.17, 15) is 19.5 Å². The van der Waals surface area contributed by atoms with Crippen LogP contribution in [0.15, 0.2) is 122 Å². The van der Waals surface area contributed by atoms with Gasteiger partial charge in [0.1, 0.15) is 13.2 Å². The van der Waals surface area contributed by atoms with Gasteiger partial charge in [-0.15, -0.1) is 0 Å². The highest BCUT2D eigenvalue weighted by molar-refractivity contribution is 5.71. The van der Waals surface area contributed by atoms with Gasteiger partial charge < -0.3 is 28.5 Å². The molecule has 0 fully saturated rings. The van der Waals surface area contributed by atoms with Crippen LogP contribution in [0.5, 0.6) is 0 Å². The maximum Gasteiger partial charge on any atom is 0.361 e. The van der Waals surface area contributed by atoms with E-state index >= 15 is 0 Å². The lowest BCUT2D eigenvalue weighted by Crippen LogP contribution is -2.40. The Morgan fingerprint density at radius 1 is 0.307 bits per heavy atom. The highest BCUT2D eigenvalue weighted by Gasteiger charge is 2.25. The summed E-state index contributed by atoms with van der Waals surface area (Å²) in [5.41, 5.74) is 0. The van der Waals surface area contributed by atoms with Gasteiger partial charge in [-0.3, -0.25) is 9.59 Å². The van der Waals surface area contributed by atoms with E-state index in [0.29, 0.717) is 23.9 Å². The number of hydrogen-bond donors (Lipinski definition) is 1. The second-order valence-corrected chi connectivity index (χ2v) is 29.8. The molecule has 0 amide bonds. The third-order valence-electron chi connectivity index (χ3n) is 18.7. The molecule has 0 saturated carbocycles. The van der Waals surface area contributed by atoms with Gasteiger partial charge in [-0.1, -0.05) is 405 Å². The number of carboxylic acids is 1. The summed E-state index contributed by atoms with van der Waals surface area (Å²) in [6.07, 6.45) is 114. The van der Waals surface area contributed by atoms with Crippen LogP contribution in [0.1, 0.15) is 386 Å². The first-order valence-corrected chi connectivity index (χ1v) is 42.7. The third kappa shape index (κ3) is 82.8. The number of likely N-dealkylation sites (N-methyl/N-ethyl adjacent to an activating group) is 1. The Balaban J connectivity index is 4.03. The summed E-state index contributed by atoms with van der Waals surface area (Å²) in [5.74, 6) is -2.03. The van der Waals surface area contributed by atoms with Gasteiger partial charge in [-0.05, 0) is 89.9 Å². The minimum atomic E-state index is -1.53. The van der Waals surface area contributed by atoms with E-state index in [2.05, 4.69) is 135 Å². The number of allylic oxidation sites excluding steroid dienone is 20. The quantitative estimate of drug-likeness (QED) is 0.0211. The van der Waals surface area contributed by atoms with Gasteiger partial charge in [-0.2, -0.15) is 0 Å². The molecule has 9 nitrogen and oxygen atoms in total. The molecule has 0 aliphatic carbocycles. The first kappa shape index (κ1) is 96.7. The molecule has 0 aromatic carbocycles. The number of aliphatic carboxylic acids is 1. The van der Waals surface area contributed by atoms with Crippen molar-refractivity contribution in [1.82, 2.24) is 0 Å². The van der Waals surface area contributed by atoms with Crippen LogP contribution in [0.4, 0.5) is 0 Å². The molecule has 101 heavy (non-hydrogen) atoms. The minimum absolute atomic E-state index is 0.178. The predicted molar refractivity (Wildman–Crippen MR) is 438 cm³/mol. The molecule has 0 spiro atoms. The second kappa shape index (κ2) is 81.4. The van der Waals surface area contributed by atoms with Gasteiger partial charge in [0, 0.05) is 12.8 Å². The maximum absolute atomic E-state index is 13.0. The van der Waals surface area contributed by atoms with Crippen LogP contribution < -0.4 is 0 Å². The van der Waals surface area contributed by atoms with E-state index in [1.807, 2.05) is 21.1 Å². The minimum Gasteiger partial charge on any atom is -0.477 e. The highest BCUT2D eigenvalue weighted by Crippen LogP contribution is 2.20. The molecule has 0 radical (unpaired) electrons. The zero-order valence-electron chi connectivity index (χ0n) is 66.8. The summed E-state index contributed by atoms with van der Waals surface area (Å²) in [4.78, 5) is 37.8. The van der Waals surface area contributed by atoms with Crippen molar-refractivity contribution in [2.24, 2.45) is 0 Å². The standard InChI is InChI=1S/C92H161NO8/c1-6-8-10-12-14-16-18-20-22-24-26-28-30-32-34-36-38-40-42-43-44-45-46-47-49-50-52-54-56-58-60-62-64-66-68-70-72-74-76-78-80-82-89(94)99-86-88(87-100-92(91(96)97)98-85-84-93(3,4)5)101-90(95)83-81-79-77-75-73-71-69-67-65-63-61-59-57-55-53-51-48-41-39-37-35-33-31-29-27-25-23-21-19-17-15-13-11-9-7-2/h9,11,15,17,21,23,27,29,33,35,39,41,51,53,57,59,63,65,69,71,88,92H,6-8,10,12-14,16,18-20,22,24-26,28,30-32,34,36-38,40,42-50,52,54-56,58,60-62,64,66-68,70,72-87H2,1-5H3/p+1/b11-9-,17-15-,23-21-,29-27-,35-33-,41-39-,53-51-,59-57-,65-63-,71-69-. The van der Waals surface area contributed by atoms with Crippen molar-refractivity contribution in [2.75, 3.05) is 47.5 Å². The summed E-state index contributed by atoms with van der Waals surface area (Å²) < 4.78 is 23.0. The Morgan fingerprint density at radius 2 is 0.564 bits per heavy atom. The summed E-state index contributed by atoms with van der Waals surface area (Å²) in [6.45, 7) is 4.77. The van der Waals surface area contributed by atoms with Gasteiger partial charge in [0.15, 0.2) is 6.10 Å². The van der Waals surface area contributed by atoms with Gasteiger partial charge >= 0.3 is 17.9 Å². The zero-order valence-corrected chi connectivity index (χ0v) is 66.8. The fourth-order valence-corrected chi connectivity index (χ4v) is 12.3. The number of carboxylic acid groups (broad SMARTS) is 1. The SMILES string of the molecule is CC/C=C\C/C=C\C/C=C\C/C=C\C/C=C\C/C=C\C/C=C\C/C=C\C/C=C\C/C=C\CCCCCCC(=O)OC(COC(=O)CCCCCCCCCCCCCCCCCCCCCCCCCCCCCCCCCCCCCCCCCCC)COC(OCC[N+](C)(C)C)C(=O)O. The number of carbonyl (C=O) groups excluding carboxylic acids is 2. The lowest BCUT2D eigenvalue weighted by atomic mass is 10.0. The van der Waals surface area contributed by atoms with Crippen LogP contribution in [-0.4, -0.2) is 87.4 Å². The molecular formula is C92H162NO8+. The molecule has 1 N–H and O–H groups in total. The van der Waals surface area contributed by atoms with Crippen molar-refractivity contribution in [3.05, 3.63) is 122 Å². The summed E-state index contributed by atoms with van der Waals surface area (Å²) in [7, 11) is 5.97. The normalized spacial score (nSPS) is 13.2. The number of unbranched alkanes of at least 4 members (excludes halogenated alkanes) is 44. The summed E-state index contributed by atoms with van der Waals surface area (Å²) >= 11 is 0. The van der Waals surface area contributed by atoms with Crippen molar-refractivity contribution in [3.8, 4) is 0 Å². The first-order chi connectivity index (χ1) is 49.6. The van der Waals surface area contributed by atoms with E-state index in [1.165, 1.54) is 244 Å². The monoisotopic (exact) mass is 1410 g/mol. The molecule has 0 bridgehead atoms. The third-order valence-corrected chi connectivity index (χ3v) is 18.7. The molecule has 0 saturated heterocycles. The van der Waals surface area contributed by atoms with E-state index < -0.39 is 24.3 Å². The molecule has 0 aromatic heterocycles. The summed E-state index contributed by atoms with van der Waals surface area (Å²) in [5, 5.41) is 9.78. The predicted octanol–water partition coefficient (Wildman–Crippen LogP) is 27.8. The number of hydrogen-bond acceptors (Lipinski definition) is 7.